The van der Waals surface area contributed by atoms with E-state index in [0.29, 0.717) is 5.41 Å². The molecule has 14 heavy (non-hydrogen) atoms. The Labute approximate surface area is 88.7 Å². The average Bonchev–Trinajstić information content (AvgIpc) is 2.44. The van der Waals surface area contributed by atoms with Crippen LogP contribution in [0.3, 0.4) is 0 Å². The van der Waals surface area contributed by atoms with Gasteiger partial charge in [-0.15, -0.1) is 0 Å². The molecule has 0 aromatic heterocycles. The van der Waals surface area contributed by atoms with Gasteiger partial charge in [-0.1, -0.05) is 20.8 Å². The van der Waals surface area contributed by atoms with Gasteiger partial charge in [0.05, 0.1) is 0 Å². The molecule has 2 saturated carbocycles. The highest BCUT2D eigenvalue weighted by Crippen LogP contribution is 2.44. The lowest BCUT2D eigenvalue weighted by Crippen LogP contribution is -2.40. The minimum absolute atomic E-state index is 0.648. The summed E-state index contributed by atoms with van der Waals surface area (Å²) in [6.45, 7) is 8.44. The molecule has 0 amide bonds. The van der Waals surface area contributed by atoms with Gasteiger partial charge in [-0.2, -0.15) is 0 Å². The van der Waals surface area contributed by atoms with E-state index >= 15 is 0 Å². The second kappa shape index (κ2) is 3.84. The first-order chi connectivity index (χ1) is 6.55. The van der Waals surface area contributed by atoms with E-state index in [0.717, 1.165) is 17.9 Å². The van der Waals surface area contributed by atoms with E-state index < -0.39 is 0 Å². The Kier molecular flexibility index (Phi) is 2.88. The summed E-state index contributed by atoms with van der Waals surface area (Å²) in [5.41, 5.74) is 0.648. The van der Waals surface area contributed by atoms with Crippen LogP contribution in [0.25, 0.3) is 0 Å². The molecule has 2 rings (SSSR count). The number of hydrogen-bond acceptors (Lipinski definition) is 1. The Morgan fingerprint density at radius 2 is 1.93 bits per heavy atom. The maximum Gasteiger partial charge on any atom is 0.00698 e. The van der Waals surface area contributed by atoms with Crippen LogP contribution in [0.15, 0.2) is 0 Å². The van der Waals surface area contributed by atoms with Crippen molar-refractivity contribution in [2.24, 2.45) is 17.3 Å². The van der Waals surface area contributed by atoms with Gasteiger partial charge in [-0.05, 0) is 55.9 Å². The third-order valence-electron chi connectivity index (χ3n) is 4.07. The molecule has 2 aliphatic rings. The summed E-state index contributed by atoms with van der Waals surface area (Å²) in [6.07, 6.45) is 7.13. The van der Waals surface area contributed by atoms with Crippen LogP contribution in [0.5, 0.6) is 0 Å². The van der Waals surface area contributed by atoms with Crippen molar-refractivity contribution in [1.29, 1.82) is 0 Å². The highest BCUT2D eigenvalue weighted by Gasteiger charge is 2.36. The monoisotopic (exact) mass is 195 g/mol. The van der Waals surface area contributed by atoms with Gasteiger partial charge in [0.1, 0.15) is 0 Å². The van der Waals surface area contributed by atoms with Gasteiger partial charge in [0.25, 0.3) is 0 Å². The highest BCUT2D eigenvalue weighted by atomic mass is 14.9. The van der Waals surface area contributed by atoms with E-state index in [1.165, 1.54) is 38.6 Å². The van der Waals surface area contributed by atoms with Crippen molar-refractivity contribution < 1.29 is 0 Å². The molecule has 2 aliphatic carbocycles. The standard InChI is InChI=1S/C13H25N/c1-10-4-5-12(6-10)14-9-11-7-13(2,3)8-11/h10-12,14H,4-9H2,1-3H3. The maximum atomic E-state index is 3.75. The van der Waals surface area contributed by atoms with Crippen LogP contribution in [-0.2, 0) is 0 Å². The summed E-state index contributed by atoms with van der Waals surface area (Å²) in [6, 6.07) is 0.841. The molecule has 2 fully saturated rings. The van der Waals surface area contributed by atoms with Gasteiger partial charge >= 0.3 is 0 Å². The lowest BCUT2D eigenvalue weighted by atomic mass is 9.64. The zero-order valence-electron chi connectivity index (χ0n) is 9.97. The number of rotatable bonds is 3. The van der Waals surface area contributed by atoms with Crippen LogP contribution < -0.4 is 5.32 Å². The van der Waals surface area contributed by atoms with Gasteiger partial charge in [-0.3, -0.25) is 0 Å². The molecular weight excluding hydrogens is 170 g/mol. The molecule has 0 heterocycles. The quantitative estimate of drug-likeness (QED) is 0.729. The molecule has 1 heteroatoms. The van der Waals surface area contributed by atoms with Gasteiger partial charge in [0, 0.05) is 6.04 Å². The summed E-state index contributed by atoms with van der Waals surface area (Å²) in [5.74, 6) is 1.94. The zero-order valence-corrected chi connectivity index (χ0v) is 9.97. The Hall–Kier alpha value is -0.0400. The zero-order chi connectivity index (χ0) is 10.2. The molecule has 0 spiro atoms. The molecular formula is C13H25N. The molecule has 0 bridgehead atoms. The first kappa shape index (κ1) is 10.5. The lowest BCUT2D eigenvalue weighted by molar-refractivity contribution is 0.0934. The second-order valence-corrected chi connectivity index (χ2v) is 6.46. The highest BCUT2D eigenvalue weighted by molar-refractivity contribution is 4.89. The topological polar surface area (TPSA) is 12.0 Å². The fourth-order valence-electron chi connectivity index (χ4n) is 3.37. The number of nitrogens with one attached hydrogen (secondary N) is 1. The predicted octanol–water partition coefficient (Wildman–Crippen LogP) is 3.20. The molecule has 2 unspecified atom stereocenters. The van der Waals surface area contributed by atoms with E-state index in [2.05, 4.69) is 26.1 Å². The first-order valence-corrected chi connectivity index (χ1v) is 6.28. The van der Waals surface area contributed by atoms with E-state index in [9.17, 15) is 0 Å². The molecule has 2 atom stereocenters. The average molecular weight is 195 g/mol. The van der Waals surface area contributed by atoms with Crippen LogP contribution >= 0.6 is 0 Å². The predicted molar refractivity (Wildman–Crippen MR) is 61.3 cm³/mol. The normalized spacial score (nSPS) is 37.1. The molecule has 0 aliphatic heterocycles. The maximum absolute atomic E-state index is 3.75. The summed E-state index contributed by atoms with van der Waals surface area (Å²) in [7, 11) is 0. The smallest absolute Gasteiger partial charge is 0.00698 e. The second-order valence-electron chi connectivity index (χ2n) is 6.46. The Morgan fingerprint density at radius 3 is 2.43 bits per heavy atom. The fraction of sp³-hybridized carbons (Fsp3) is 1.00. The van der Waals surface area contributed by atoms with Crippen molar-refractivity contribution in [2.75, 3.05) is 6.54 Å². The van der Waals surface area contributed by atoms with Crippen molar-refractivity contribution in [3.63, 3.8) is 0 Å². The summed E-state index contributed by atoms with van der Waals surface area (Å²) >= 11 is 0. The molecule has 82 valence electrons. The van der Waals surface area contributed by atoms with E-state index in [1.54, 1.807) is 0 Å². The molecule has 0 radical (unpaired) electrons. The Balaban J connectivity index is 1.60. The van der Waals surface area contributed by atoms with E-state index in [-0.39, 0.29) is 0 Å². The van der Waals surface area contributed by atoms with Crippen LogP contribution in [0.1, 0.15) is 52.9 Å². The van der Waals surface area contributed by atoms with Gasteiger partial charge < -0.3 is 5.32 Å². The number of hydrogen-bond donors (Lipinski definition) is 1. The van der Waals surface area contributed by atoms with Crippen LogP contribution in [0, 0.1) is 17.3 Å². The van der Waals surface area contributed by atoms with Gasteiger partial charge in [0.2, 0.25) is 0 Å². The lowest BCUT2D eigenvalue weighted by Gasteiger charge is -2.43. The van der Waals surface area contributed by atoms with Crippen LogP contribution in [-0.4, -0.2) is 12.6 Å². The Bertz CT molecular complexity index is 189. The van der Waals surface area contributed by atoms with Crippen LogP contribution in [0.4, 0.5) is 0 Å². The fourth-order valence-corrected chi connectivity index (χ4v) is 3.37. The minimum atomic E-state index is 0.648. The summed E-state index contributed by atoms with van der Waals surface area (Å²) in [4.78, 5) is 0. The molecule has 0 aromatic carbocycles. The van der Waals surface area contributed by atoms with Crippen molar-refractivity contribution in [3.05, 3.63) is 0 Å². The van der Waals surface area contributed by atoms with Crippen molar-refractivity contribution in [1.82, 2.24) is 5.32 Å². The SMILES string of the molecule is CC1CCC(NCC2CC(C)(C)C2)C1. The van der Waals surface area contributed by atoms with E-state index in [1.807, 2.05) is 0 Å². The summed E-state index contributed by atoms with van der Waals surface area (Å²) < 4.78 is 0. The van der Waals surface area contributed by atoms with Crippen LogP contribution in [0.2, 0.25) is 0 Å². The van der Waals surface area contributed by atoms with Crippen molar-refractivity contribution >= 4 is 0 Å². The van der Waals surface area contributed by atoms with E-state index in [4.69, 9.17) is 0 Å². The first-order valence-electron chi connectivity index (χ1n) is 6.28. The molecule has 1 N–H and O–H groups in total. The third kappa shape index (κ3) is 2.50. The third-order valence-corrected chi connectivity index (χ3v) is 4.07. The molecule has 0 aromatic rings. The minimum Gasteiger partial charge on any atom is -0.314 e. The van der Waals surface area contributed by atoms with Crippen molar-refractivity contribution in [3.8, 4) is 0 Å². The molecule has 0 saturated heterocycles. The van der Waals surface area contributed by atoms with Crippen molar-refractivity contribution in [2.45, 2.75) is 58.9 Å². The summed E-state index contributed by atoms with van der Waals surface area (Å²) in [5, 5.41) is 3.75. The van der Waals surface area contributed by atoms with Gasteiger partial charge in [-0.25, -0.2) is 0 Å². The molecule has 1 nitrogen and oxygen atoms in total. The Morgan fingerprint density at radius 1 is 1.21 bits per heavy atom. The van der Waals surface area contributed by atoms with Gasteiger partial charge in [0.15, 0.2) is 0 Å². The largest absolute Gasteiger partial charge is 0.314 e.